The monoisotopic (exact) mass is 201 g/mol. The number of nitrogens with zero attached hydrogens (tertiary/aromatic N) is 1. The van der Waals surface area contributed by atoms with Crippen LogP contribution in [-0.2, 0) is 9.53 Å². The number of aliphatic hydroxyl groups is 1. The van der Waals surface area contributed by atoms with Gasteiger partial charge in [-0.1, -0.05) is 0 Å². The lowest BCUT2D eigenvalue weighted by Crippen LogP contribution is -2.46. The van der Waals surface area contributed by atoms with Gasteiger partial charge < -0.3 is 9.84 Å². The lowest BCUT2D eigenvalue weighted by Gasteiger charge is -2.34. The van der Waals surface area contributed by atoms with E-state index in [1.54, 1.807) is 0 Å². The van der Waals surface area contributed by atoms with E-state index < -0.39 is 0 Å². The molecule has 1 rings (SSSR count). The molecule has 0 aromatic heterocycles. The summed E-state index contributed by atoms with van der Waals surface area (Å²) in [5.74, 6) is 0.124. The number of piperidine rings is 1. The third kappa shape index (κ3) is 2.69. The number of aliphatic hydroxyl groups excluding tert-OH is 1. The Labute approximate surface area is 84.8 Å². The predicted molar refractivity (Wildman–Crippen MR) is 52.9 cm³/mol. The number of carbonyl (C=O) groups is 1. The third-order valence-corrected chi connectivity index (χ3v) is 2.90. The molecule has 2 atom stereocenters. The summed E-state index contributed by atoms with van der Waals surface area (Å²) < 4.78 is 4.69. The lowest BCUT2D eigenvalue weighted by molar-refractivity contribution is -0.147. The van der Waals surface area contributed by atoms with Gasteiger partial charge in [0.1, 0.15) is 6.04 Å². The van der Waals surface area contributed by atoms with Gasteiger partial charge in [0.2, 0.25) is 0 Å². The molecule has 4 heteroatoms. The van der Waals surface area contributed by atoms with Crippen LogP contribution >= 0.6 is 0 Å². The summed E-state index contributed by atoms with van der Waals surface area (Å²) in [4.78, 5) is 13.4. The van der Waals surface area contributed by atoms with Crippen LogP contribution in [0.4, 0.5) is 0 Å². The molecular weight excluding hydrogens is 182 g/mol. The van der Waals surface area contributed by atoms with Gasteiger partial charge in [0.25, 0.3) is 0 Å². The van der Waals surface area contributed by atoms with Crippen molar-refractivity contribution in [3.63, 3.8) is 0 Å². The van der Waals surface area contributed by atoms with Gasteiger partial charge in [0.15, 0.2) is 0 Å². The first kappa shape index (κ1) is 11.5. The number of rotatable bonds is 3. The molecule has 14 heavy (non-hydrogen) atoms. The Hall–Kier alpha value is -0.610. The topological polar surface area (TPSA) is 49.8 Å². The first-order chi connectivity index (χ1) is 6.69. The molecule has 0 aromatic carbocycles. The number of carbonyl (C=O) groups excluding carboxylic acids is 1. The van der Waals surface area contributed by atoms with Crippen LogP contribution < -0.4 is 0 Å². The fourth-order valence-corrected chi connectivity index (χ4v) is 1.92. The molecule has 1 N–H and O–H groups in total. The summed E-state index contributed by atoms with van der Waals surface area (Å²) in [7, 11) is 1.41. The fraction of sp³-hybridized carbons (Fsp3) is 0.900. The molecule has 0 spiro atoms. The Morgan fingerprint density at radius 1 is 1.71 bits per heavy atom. The maximum Gasteiger partial charge on any atom is 0.322 e. The first-order valence-corrected chi connectivity index (χ1v) is 5.11. The van der Waals surface area contributed by atoms with Crippen molar-refractivity contribution < 1.29 is 14.6 Å². The van der Waals surface area contributed by atoms with Gasteiger partial charge in [-0.2, -0.15) is 0 Å². The number of hydrogen-bond acceptors (Lipinski definition) is 4. The molecule has 1 aliphatic heterocycles. The molecule has 0 bridgehead atoms. The largest absolute Gasteiger partial charge is 0.468 e. The van der Waals surface area contributed by atoms with E-state index in [0.717, 1.165) is 25.9 Å². The third-order valence-electron chi connectivity index (χ3n) is 2.90. The summed E-state index contributed by atoms with van der Waals surface area (Å²) in [5, 5.41) is 9.04. The first-order valence-electron chi connectivity index (χ1n) is 5.11. The van der Waals surface area contributed by atoms with Crippen LogP contribution in [0.15, 0.2) is 0 Å². The van der Waals surface area contributed by atoms with Crippen LogP contribution in [0.25, 0.3) is 0 Å². The summed E-state index contributed by atoms with van der Waals surface area (Å²) >= 11 is 0. The summed E-state index contributed by atoms with van der Waals surface area (Å²) in [6, 6.07) is -0.186. The molecule has 2 unspecified atom stereocenters. The minimum Gasteiger partial charge on any atom is -0.468 e. The molecule has 1 heterocycles. The van der Waals surface area contributed by atoms with E-state index in [1.165, 1.54) is 7.11 Å². The smallest absolute Gasteiger partial charge is 0.322 e. The highest BCUT2D eigenvalue weighted by Crippen LogP contribution is 2.18. The number of esters is 1. The van der Waals surface area contributed by atoms with Crippen LogP contribution in [0.1, 0.15) is 19.8 Å². The maximum absolute atomic E-state index is 11.3. The molecule has 0 amide bonds. The van der Waals surface area contributed by atoms with Gasteiger partial charge in [-0.05, 0) is 32.2 Å². The molecule has 0 saturated carbocycles. The highest BCUT2D eigenvalue weighted by atomic mass is 16.5. The van der Waals surface area contributed by atoms with E-state index in [1.807, 2.05) is 6.92 Å². The SMILES string of the molecule is COC(=O)C(C)N1CCCC(CO)C1. The molecule has 1 fully saturated rings. The minimum atomic E-state index is -0.191. The normalized spacial score (nSPS) is 25.8. The van der Waals surface area contributed by atoms with Crippen molar-refractivity contribution >= 4 is 5.97 Å². The Morgan fingerprint density at radius 2 is 2.43 bits per heavy atom. The molecule has 4 nitrogen and oxygen atoms in total. The Bertz CT molecular complexity index is 196. The Morgan fingerprint density at radius 3 is 3.00 bits per heavy atom. The van der Waals surface area contributed by atoms with E-state index in [2.05, 4.69) is 4.90 Å². The number of methoxy groups -OCH3 is 1. The molecular formula is C10H19NO3. The molecule has 1 saturated heterocycles. The van der Waals surface area contributed by atoms with Crippen molar-refractivity contribution in [3.8, 4) is 0 Å². The van der Waals surface area contributed by atoms with Crippen LogP contribution in [0, 0.1) is 5.92 Å². The fourth-order valence-electron chi connectivity index (χ4n) is 1.92. The van der Waals surface area contributed by atoms with Crippen molar-refractivity contribution in [2.75, 3.05) is 26.8 Å². The second-order valence-electron chi connectivity index (χ2n) is 3.88. The lowest BCUT2D eigenvalue weighted by atomic mass is 9.98. The number of ether oxygens (including phenoxy) is 1. The van der Waals surface area contributed by atoms with E-state index in [0.29, 0.717) is 5.92 Å². The van der Waals surface area contributed by atoms with Crippen molar-refractivity contribution in [2.24, 2.45) is 5.92 Å². The van der Waals surface area contributed by atoms with Crippen molar-refractivity contribution in [1.29, 1.82) is 0 Å². The van der Waals surface area contributed by atoms with Gasteiger partial charge in [0.05, 0.1) is 7.11 Å². The van der Waals surface area contributed by atoms with Crippen molar-refractivity contribution in [1.82, 2.24) is 4.90 Å². The van der Waals surface area contributed by atoms with Gasteiger partial charge in [0, 0.05) is 13.2 Å². The highest BCUT2D eigenvalue weighted by molar-refractivity contribution is 5.75. The van der Waals surface area contributed by atoms with Crippen LogP contribution in [0.5, 0.6) is 0 Å². The van der Waals surface area contributed by atoms with Crippen LogP contribution in [-0.4, -0.2) is 48.8 Å². The molecule has 82 valence electrons. The molecule has 0 aromatic rings. The minimum absolute atomic E-state index is 0.186. The van der Waals surface area contributed by atoms with E-state index in [9.17, 15) is 4.79 Å². The highest BCUT2D eigenvalue weighted by Gasteiger charge is 2.27. The van der Waals surface area contributed by atoms with Gasteiger partial charge in [-0.15, -0.1) is 0 Å². The maximum atomic E-state index is 11.3. The van der Waals surface area contributed by atoms with Crippen molar-refractivity contribution in [3.05, 3.63) is 0 Å². The van der Waals surface area contributed by atoms with Crippen LogP contribution in [0.3, 0.4) is 0 Å². The molecule has 1 aliphatic rings. The van der Waals surface area contributed by atoms with Gasteiger partial charge in [-0.3, -0.25) is 9.69 Å². The summed E-state index contributed by atoms with van der Waals surface area (Å²) in [5.41, 5.74) is 0. The zero-order valence-corrected chi connectivity index (χ0v) is 8.90. The number of hydrogen-bond donors (Lipinski definition) is 1. The second-order valence-corrected chi connectivity index (χ2v) is 3.88. The average molecular weight is 201 g/mol. The average Bonchev–Trinajstić information content (AvgIpc) is 2.27. The molecule has 0 aliphatic carbocycles. The van der Waals surface area contributed by atoms with Gasteiger partial charge in [-0.25, -0.2) is 0 Å². The molecule has 0 radical (unpaired) electrons. The number of likely N-dealkylation sites (tertiary alicyclic amines) is 1. The second kappa shape index (κ2) is 5.32. The zero-order valence-electron chi connectivity index (χ0n) is 8.90. The van der Waals surface area contributed by atoms with E-state index >= 15 is 0 Å². The van der Waals surface area contributed by atoms with E-state index in [4.69, 9.17) is 9.84 Å². The summed E-state index contributed by atoms with van der Waals surface area (Å²) in [6.07, 6.45) is 2.10. The predicted octanol–water partition coefficient (Wildman–Crippen LogP) is 0.252. The van der Waals surface area contributed by atoms with Gasteiger partial charge >= 0.3 is 5.97 Å². The summed E-state index contributed by atoms with van der Waals surface area (Å²) in [6.45, 7) is 3.79. The van der Waals surface area contributed by atoms with Crippen molar-refractivity contribution in [2.45, 2.75) is 25.8 Å². The quantitative estimate of drug-likeness (QED) is 0.665. The van der Waals surface area contributed by atoms with E-state index in [-0.39, 0.29) is 18.6 Å². The Balaban J connectivity index is 2.46. The zero-order chi connectivity index (χ0) is 10.6. The standard InChI is InChI=1S/C10H19NO3/c1-8(10(13)14-2)11-5-3-4-9(6-11)7-12/h8-9,12H,3-7H2,1-2H3. The Kier molecular flexibility index (Phi) is 4.35. The van der Waals surface area contributed by atoms with Crippen LogP contribution in [0.2, 0.25) is 0 Å².